The van der Waals surface area contributed by atoms with Gasteiger partial charge in [-0.05, 0) is 36.5 Å². The van der Waals surface area contributed by atoms with E-state index in [1.54, 1.807) is 0 Å². The number of benzene rings is 1. The molecule has 1 N–H and O–H groups in total. The van der Waals surface area contributed by atoms with Gasteiger partial charge in [-0.25, -0.2) is 12.8 Å². The average molecular weight is 285 g/mol. The van der Waals surface area contributed by atoms with Crippen molar-refractivity contribution in [1.29, 1.82) is 0 Å². The van der Waals surface area contributed by atoms with Crippen molar-refractivity contribution in [1.82, 2.24) is 0 Å². The predicted molar refractivity (Wildman–Crippen MR) is 74.6 cm³/mol. The molecule has 0 spiro atoms. The second-order valence-corrected chi connectivity index (χ2v) is 8.01. The van der Waals surface area contributed by atoms with Crippen LogP contribution in [0.5, 0.6) is 0 Å². The zero-order chi connectivity index (χ0) is 14.3. The second-order valence-electron chi connectivity index (χ2n) is 5.99. The van der Waals surface area contributed by atoms with Crippen LogP contribution in [0.3, 0.4) is 0 Å². The minimum Gasteiger partial charge on any atom is -0.379 e. The first kappa shape index (κ1) is 14.3. The molecule has 19 heavy (non-hydrogen) atoms. The fraction of sp³-hybridized carbons (Fsp3) is 0.571. The summed E-state index contributed by atoms with van der Waals surface area (Å²) in [4.78, 5) is 0.146. The van der Waals surface area contributed by atoms with Gasteiger partial charge in [0, 0.05) is 12.3 Å². The Balaban J connectivity index is 2.30. The van der Waals surface area contributed by atoms with Gasteiger partial charge in [0.2, 0.25) is 0 Å². The van der Waals surface area contributed by atoms with Crippen LogP contribution in [0.1, 0.15) is 33.1 Å². The number of rotatable bonds is 3. The van der Waals surface area contributed by atoms with Gasteiger partial charge in [0.05, 0.1) is 10.6 Å². The van der Waals surface area contributed by atoms with E-state index < -0.39 is 15.7 Å². The van der Waals surface area contributed by atoms with Crippen molar-refractivity contribution in [2.75, 3.05) is 11.6 Å². The van der Waals surface area contributed by atoms with Crippen LogP contribution in [0, 0.1) is 11.2 Å². The van der Waals surface area contributed by atoms with Crippen LogP contribution in [-0.4, -0.2) is 20.7 Å². The van der Waals surface area contributed by atoms with Crippen molar-refractivity contribution in [2.24, 2.45) is 5.41 Å². The molecule has 1 aliphatic carbocycles. The van der Waals surface area contributed by atoms with Gasteiger partial charge >= 0.3 is 0 Å². The summed E-state index contributed by atoms with van der Waals surface area (Å²) in [7, 11) is -3.31. The second kappa shape index (κ2) is 4.78. The van der Waals surface area contributed by atoms with Crippen molar-refractivity contribution in [3.05, 3.63) is 24.0 Å². The molecule has 1 saturated carbocycles. The number of nitrogens with one attached hydrogen (secondary N) is 1. The molecule has 5 heteroatoms. The molecular weight excluding hydrogens is 265 g/mol. The van der Waals surface area contributed by atoms with Gasteiger partial charge in [0.1, 0.15) is 5.82 Å². The molecule has 3 nitrogen and oxygen atoms in total. The Bertz CT molecular complexity index is 581. The third-order valence-corrected chi connectivity index (χ3v) is 5.06. The summed E-state index contributed by atoms with van der Waals surface area (Å²) in [6.07, 6.45) is 4.31. The van der Waals surface area contributed by atoms with Crippen LogP contribution in [-0.2, 0) is 9.84 Å². The molecule has 0 aromatic heterocycles. The Morgan fingerprint density at radius 3 is 2.58 bits per heavy atom. The van der Waals surface area contributed by atoms with E-state index in [2.05, 4.69) is 19.2 Å². The van der Waals surface area contributed by atoms with Crippen LogP contribution >= 0.6 is 0 Å². The third kappa shape index (κ3) is 3.08. The highest BCUT2D eigenvalue weighted by Gasteiger charge is 2.34. The zero-order valence-electron chi connectivity index (χ0n) is 11.5. The van der Waals surface area contributed by atoms with E-state index in [1.165, 1.54) is 18.2 Å². The molecule has 1 atom stereocenters. The van der Waals surface area contributed by atoms with Crippen molar-refractivity contribution >= 4 is 15.5 Å². The Morgan fingerprint density at radius 2 is 2.05 bits per heavy atom. The topological polar surface area (TPSA) is 46.2 Å². The standard InChI is InChI=1S/C14H20FNO2S/c1-14(2)8-4-5-13(14)16-12-9-10(19(3,17)18)6-7-11(12)15/h6-7,9,13,16H,4-5,8H2,1-3H3. The number of hydrogen-bond donors (Lipinski definition) is 1. The summed E-state index contributed by atoms with van der Waals surface area (Å²) in [5, 5.41) is 3.17. The van der Waals surface area contributed by atoms with Crippen LogP contribution < -0.4 is 5.32 Å². The lowest BCUT2D eigenvalue weighted by atomic mass is 9.87. The van der Waals surface area contributed by atoms with Gasteiger partial charge in [-0.1, -0.05) is 20.3 Å². The van der Waals surface area contributed by atoms with E-state index in [0.29, 0.717) is 0 Å². The van der Waals surface area contributed by atoms with Gasteiger partial charge in [-0.3, -0.25) is 0 Å². The van der Waals surface area contributed by atoms with Gasteiger partial charge in [0.15, 0.2) is 9.84 Å². The van der Waals surface area contributed by atoms with E-state index in [0.717, 1.165) is 25.5 Å². The molecule has 0 saturated heterocycles. The van der Waals surface area contributed by atoms with Gasteiger partial charge in [-0.2, -0.15) is 0 Å². The van der Waals surface area contributed by atoms with E-state index in [9.17, 15) is 12.8 Å². The van der Waals surface area contributed by atoms with E-state index in [1.807, 2.05) is 0 Å². The zero-order valence-corrected chi connectivity index (χ0v) is 12.3. The molecule has 1 unspecified atom stereocenters. The number of hydrogen-bond acceptors (Lipinski definition) is 3. The molecule has 2 rings (SSSR count). The quantitative estimate of drug-likeness (QED) is 0.867. The molecule has 0 amide bonds. The molecule has 0 heterocycles. The lowest BCUT2D eigenvalue weighted by Gasteiger charge is -2.29. The summed E-state index contributed by atoms with van der Waals surface area (Å²) >= 11 is 0. The minimum atomic E-state index is -3.31. The molecule has 0 radical (unpaired) electrons. The predicted octanol–water partition coefficient (Wildman–Crippen LogP) is 3.22. The highest BCUT2D eigenvalue weighted by atomic mass is 32.2. The van der Waals surface area contributed by atoms with Crippen LogP contribution in [0.2, 0.25) is 0 Å². The lowest BCUT2D eigenvalue weighted by molar-refractivity contribution is 0.349. The first-order chi connectivity index (χ1) is 8.70. The minimum absolute atomic E-state index is 0.105. The first-order valence-corrected chi connectivity index (χ1v) is 8.35. The van der Waals surface area contributed by atoms with Crippen LogP contribution in [0.4, 0.5) is 10.1 Å². The molecule has 1 aromatic carbocycles. The molecule has 106 valence electrons. The molecule has 0 aliphatic heterocycles. The Labute approximate surface area is 114 Å². The summed E-state index contributed by atoms with van der Waals surface area (Å²) in [5.74, 6) is -0.407. The van der Waals surface area contributed by atoms with E-state index in [4.69, 9.17) is 0 Å². The van der Waals surface area contributed by atoms with Gasteiger partial charge in [0.25, 0.3) is 0 Å². The smallest absolute Gasteiger partial charge is 0.175 e. The fourth-order valence-electron chi connectivity index (χ4n) is 2.63. The monoisotopic (exact) mass is 285 g/mol. The average Bonchev–Trinajstić information content (AvgIpc) is 2.60. The summed E-state index contributed by atoms with van der Waals surface area (Å²) in [5.41, 5.74) is 0.385. The van der Waals surface area contributed by atoms with Crippen LogP contribution in [0.15, 0.2) is 23.1 Å². The number of anilines is 1. The van der Waals surface area contributed by atoms with Crippen molar-refractivity contribution in [3.63, 3.8) is 0 Å². The molecule has 1 aliphatic rings. The van der Waals surface area contributed by atoms with Crippen molar-refractivity contribution in [2.45, 2.75) is 44.0 Å². The third-order valence-electron chi connectivity index (χ3n) is 3.95. The number of halogens is 1. The van der Waals surface area contributed by atoms with Gasteiger partial charge < -0.3 is 5.32 Å². The maximum atomic E-state index is 13.8. The fourth-order valence-corrected chi connectivity index (χ4v) is 3.27. The first-order valence-electron chi connectivity index (χ1n) is 6.46. The van der Waals surface area contributed by atoms with Crippen molar-refractivity contribution < 1.29 is 12.8 Å². The van der Waals surface area contributed by atoms with Crippen LogP contribution in [0.25, 0.3) is 0 Å². The normalized spacial score (nSPS) is 22.4. The Hall–Kier alpha value is -1.10. The molecule has 1 aromatic rings. The Morgan fingerprint density at radius 1 is 1.37 bits per heavy atom. The summed E-state index contributed by atoms with van der Waals surface area (Å²) < 4.78 is 36.8. The van der Waals surface area contributed by atoms with Gasteiger partial charge in [-0.15, -0.1) is 0 Å². The maximum Gasteiger partial charge on any atom is 0.175 e. The highest BCUT2D eigenvalue weighted by molar-refractivity contribution is 7.90. The largest absolute Gasteiger partial charge is 0.379 e. The molecule has 0 bridgehead atoms. The lowest BCUT2D eigenvalue weighted by Crippen LogP contribution is -2.31. The summed E-state index contributed by atoms with van der Waals surface area (Å²) in [6, 6.07) is 4.08. The van der Waals surface area contributed by atoms with E-state index >= 15 is 0 Å². The molecular formula is C14H20FNO2S. The van der Waals surface area contributed by atoms with Crippen molar-refractivity contribution in [3.8, 4) is 0 Å². The highest BCUT2D eigenvalue weighted by Crippen LogP contribution is 2.39. The number of sulfone groups is 1. The maximum absolute atomic E-state index is 13.8. The molecule has 1 fully saturated rings. The Kier molecular flexibility index (Phi) is 3.60. The summed E-state index contributed by atoms with van der Waals surface area (Å²) in [6.45, 7) is 4.30. The van der Waals surface area contributed by atoms with E-state index in [-0.39, 0.29) is 22.0 Å². The SMILES string of the molecule is CC1(C)CCCC1Nc1cc(S(C)(=O)=O)ccc1F.